The number of nitrogens with two attached hydrogens (primary N) is 1. The standard InChI is InChI=1S/C15H15N3O5/c16-15(22)23-7-8-1-2-9-6-18(14(21)10(9)5-8)11-3-4-12(19)17-13(11)20/h1-2,5,11H,3-4,6-7H2,(H2,16,22)(H,17,19,20). The molecule has 0 radical (unpaired) electrons. The normalized spacial score (nSPS) is 20.3. The Morgan fingerprint density at radius 1 is 1.35 bits per heavy atom. The molecule has 120 valence electrons. The van der Waals surface area contributed by atoms with Gasteiger partial charge >= 0.3 is 6.09 Å². The second-order valence-corrected chi connectivity index (χ2v) is 5.50. The molecule has 2 aliphatic rings. The van der Waals surface area contributed by atoms with Gasteiger partial charge in [-0.15, -0.1) is 0 Å². The van der Waals surface area contributed by atoms with E-state index in [0.29, 0.717) is 24.1 Å². The lowest BCUT2D eigenvalue weighted by Gasteiger charge is -2.29. The third-order valence-corrected chi connectivity index (χ3v) is 3.97. The van der Waals surface area contributed by atoms with E-state index in [2.05, 4.69) is 5.32 Å². The van der Waals surface area contributed by atoms with E-state index in [1.54, 1.807) is 18.2 Å². The first-order chi connectivity index (χ1) is 11.0. The van der Waals surface area contributed by atoms with Gasteiger partial charge in [0.1, 0.15) is 12.6 Å². The molecule has 1 aromatic rings. The highest BCUT2D eigenvalue weighted by molar-refractivity contribution is 6.05. The molecule has 0 aromatic heterocycles. The zero-order chi connectivity index (χ0) is 16.6. The van der Waals surface area contributed by atoms with Crippen LogP contribution in [-0.2, 0) is 27.5 Å². The van der Waals surface area contributed by atoms with Crippen molar-refractivity contribution in [1.82, 2.24) is 10.2 Å². The van der Waals surface area contributed by atoms with Crippen LogP contribution in [0.4, 0.5) is 4.79 Å². The lowest BCUT2D eigenvalue weighted by Crippen LogP contribution is -2.52. The van der Waals surface area contributed by atoms with Crippen molar-refractivity contribution in [2.24, 2.45) is 5.73 Å². The molecule has 8 heteroatoms. The summed E-state index contributed by atoms with van der Waals surface area (Å²) in [5.74, 6) is -1.03. The predicted molar refractivity (Wildman–Crippen MR) is 76.9 cm³/mol. The molecule has 1 fully saturated rings. The van der Waals surface area contributed by atoms with Crippen LogP contribution in [0.25, 0.3) is 0 Å². The fraction of sp³-hybridized carbons (Fsp3) is 0.333. The summed E-state index contributed by atoms with van der Waals surface area (Å²) in [6.45, 7) is 0.297. The number of nitrogens with zero attached hydrogens (tertiary/aromatic N) is 1. The van der Waals surface area contributed by atoms with Crippen molar-refractivity contribution in [3.8, 4) is 0 Å². The lowest BCUT2D eigenvalue weighted by molar-refractivity contribution is -0.136. The maximum Gasteiger partial charge on any atom is 0.404 e. The Kier molecular flexibility index (Phi) is 3.73. The number of carbonyl (C=O) groups is 4. The second kappa shape index (κ2) is 5.71. The van der Waals surface area contributed by atoms with Crippen LogP contribution < -0.4 is 11.1 Å². The number of rotatable bonds is 3. The molecule has 0 aliphatic carbocycles. The molecule has 3 N–H and O–H groups in total. The molecule has 1 saturated heterocycles. The molecule has 1 aromatic carbocycles. The van der Waals surface area contributed by atoms with E-state index in [0.717, 1.165) is 5.56 Å². The SMILES string of the molecule is NC(=O)OCc1ccc2c(c1)C(=O)N(C1CCC(=O)NC1=O)C2. The average molecular weight is 317 g/mol. The van der Waals surface area contributed by atoms with Gasteiger partial charge in [0.15, 0.2) is 0 Å². The topological polar surface area (TPSA) is 119 Å². The van der Waals surface area contributed by atoms with E-state index >= 15 is 0 Å². The molecule has 8 nitrogen and oxygen atoms in total. The number of ether oxygens (including phenoxy) is 1. The van der Waals surface area contributed by atoms with Crippen LogP contribution in [0.3, 0.4) is 0 Å². The van der Waals surface area contributed by atoms with Gasteiger partial charge in [-0.1, -0.05) is 12.1 Å². The number of carbonyl (C=O) groups excluding carboxylic acids is 4. The quantitative estimate of drug-likeness (QED) is 0.763. The average Bonchev–Trinajstić information content (AvgIpc) is 2.82. The Hall–Kier alpha value is -2.90. The van der Waals surface area contributed by atoms with Crippen LogP contribution in [-0.4, -0.2) is 34.8 Å². The van der Waals surface area contributed by atoms with Crippen LogP contribution in [0, 0.1) is 0 Å². The minimum absolute atomic E-state index is 0.0195. The second-order valence-electron chi connectivity index (χ2n) is 5.50. The molecule has 0 spiro atoms. The number of piperidine rings is 1. The molecular formula is C15H15N3O5. The number of primary amides is 1. The maximum absolute atomic E-state index is 12.5. The molecule has 2 aliphatic heterocycles. The highest BCUT2D eigenvalue weighted by Gasteiger charge is 2.39. The number of fused-ring (bicyclic) bond motifs is 1. The van der Waals surface area contributed by atoms with E-state index in [-0.39, 0.29) is 24.8 Å². The van der Waals surface area contributed by atoms with Gasteiger partial charge in [0.25, 0.3) is 5.91 Å². The Bertz CT molecular complexity index is 715. The van der Waals surface area contributed by atoms with Gasteiger partial charge < -0.3 is 15.4 Å². The molecule has 1 atom stereocenters. The van der Waals surface area contributed by atoms with Crippen LogP contribution in [0.1, 0.15) is 34.3 Å². The summed E-state index contributed by atoms with van der Waals surface area (Å²) in [5, 5.41) is 2.25. The van der Waals surface area contributed by atoms with Crippen molar-refractivity contribution in [1.29, 1.82) is 0 Å². The number of nitrogens with one attached hydrogen (secondary N) is 1. The largest absolute Gasteiger partial charge is 0.445 e. The number of hydrogen-bond acceptors (Lipinski definition) is 5. The van der Waals surface area contributed by atoms with Crippen molar-refractivity contribution in [2.75, 3.05) is 0 Å². The molecule has 0 bridgehead atoms. The molecule has 1 unspecified atom stereocenters. The fourth-order valence-electron chi connectivity index (χ4n) is 2.85. The van der Waals surface area contributed by atoms with E-state index < -0.39 is 18.0 Å². The van der Waals surface area contributed by atoms with Crippen LogP contribution in [0.5, 0.6) is 0 Å². The summed E-state index contributed by atoms with van der Waals surface area (Å²) in [6.07, 6.45) is -0.349. The van der Waals surface area contributed by atoms with Gasteiger partial charge in [0.2, 0.25) is 11.8 Å². The first-order valence-corrected chi connectivity index (χ1v) is 7.14. The predicted octanol–water partition coefficient (Wildman–Crippen LogP) is 0.0429. The summed E-state index contributed by atoms with van der Waals surface area (Å²) in [4.78, 5) is 47.8. The number of imide groups is 1. The third kappa shape index (κ3) is 2.87. The number of hydrogen-bond donors (Lipinski definition) is 2. The fourth-order valence-corrected chi connectivity index (χ4v) is 2.85. The summed E-state index contributed by atoms with van der Waals surface area (Å²) in [7, 11) is 0. The minimum atomic E-state index is -0.887. The Balaban J connectivity index is 1.78. The highest BCUT2D eigenvalue weighted by Crippen LogP contribution is 2.28. The minimum Gasteiger partial charge on any atom is -0.445 e. The van der Waals surface area contributed by atoms with Gasteiger partial charge in [-0.3, -0.25) is 19.7 Å². The number of amides is 4. The van der Waals surface area contributed by atoms with Crippen LogP contribution >= 0.6 is 0 Å². The monoisotopic (exact) mass is 317 g/mol. The zero-order valence-electron chi connectivity index (χ0n) is 12.2. The van der Waals surface area contributed by atoms with Gasteiger partial charge in [-0.05, 0) is 23.6 Å². The van der Waals surface area contributed by atoms with Gasteiger partial charge in [0, 0.05) is 18.5 Å². The van der Waals surface area contributed by atoms with Crippen molar-refractivity contribution >= 4 is 23.8 Å². The van der Waals surface area contributed by atoms with E-state index in [9.17, 15) is 19.2 Å². The van der Waals surface area contributed by atoms with E-state index in [1.807, 2.05) is 0 Å². The van der Waals surface area contributed by atoms with Crippen molar-refractivity contribution in [3.63, 3.8) is 0 Å². The summed E-state index contributed by atoms with van der Waals surface area (Å²) in [5.41, 5.74) is 6.82. The molecule has 2 heterocycles. The molecule has 4 amide bonds. The summed E-state index contributed by atoms with van der Waals surface area (Å²) in [6, 6.07) is 4.49. The van der Waals surface area contributed by atoms with Crippen molar-refractivity contribution in [2.45, 2.75) is 32.0 Å². The zero-order valence-corrected chi connectivity index (χ0v) is 12.2. The van der Waals surface area contributed by atoms with E-state index in [1.165, 1.54) is 4.90 Å². The van der Waals surface area contributed by atoms with Crippen LogP contribution in [0.15, 0.2) is 18.2 Å². The Labute approximate surface area is 131 Å². The Morgan fingerprint density at radius 3 is 2.83 bits per heavy atom. The Morgan fingerprint density at radius 2 is 2.13 bits per heavy atom. The van der Waals surface area contributed by atoms with Crippen LogP contribution in [0.2, 0.25) is 0 Å². The first-order valence-electron chi connectivity index (χ1n) is 7.14. The molecule has 23 heavy (non-hydrogen) atoms. The maximum atomic E-state index is 12.5. The first kappa shape index (κ1) is 15.0. The lowest BCUT2D eigenvalue weighted by atomic mass is 10.0. The molecule has 3 rings (SSSR count). The van der Waals surface area contributed by atoms with Gasteiger partial charge in [-0.2, -0.15) is 0 Å². The van der Waals surface area contributed by atoms with Gasteiger partial charge in [-0.25, -0.2) is 4.79 Å². The smallest absolute Gasteiger partial charge is 0.404 e. The summed E-state index contributed by atoms with van der Waals surface area (Å²) < 4.78 is 4.71. The van der Waals surface area contributed by atoms with Crippen molar-refractivity contribution < 1.29 is 23.9 Å². The molecule has 0 saturated carbocycles. The van der Waals surface area contributed by atoms with Crippen molar-refractivity contribution in [3.05, 3.63) is 34.9 Å². The van der Waals surface area contributed by atoms with E-state index in [4.69, 9.17) is 10.5 Å². The number of benzene rings is 1. The summed E-state index contributed by atoms with van der Waals surface area (Å²) >= 11 is 0. The van der Waals surface area contributed by atoms with Gasteiger partial charge in [0.05, 0.1) is 0 Å². The third-order valence-electron chi connectivity index (χ3n) is 3.97. The highest BCUT2D eigenvalue weighted by atomic mass is 16.5. The molecular weight excluding hydrogens is 302 g/mol.